The third-order valence-corrected chi connectivity index (χ3v) is 4.05. The van der Waals surface area contributed by atoms with Crippen LogP contribution < -0.4 is 5.32 Å². The minimum Gasteiger partial charge on any atom is -0.451 e. The monoisotopic (exact) mass is 297 g/mol. The van der Waals surface area contributed by atoms with Crippen molar-refractivity contribution in [2.45, 2.75) is 39.2 Å². The highest BCUT2D eigenvalue weighted by Crippen LogP contribution is 2.35. The molecule has 0 radical (unpaired) electrons. The van der Waals surface area contributed by atoms with E-state index < -0.39 is 5.60 Å². The van der Waals surface area contributed by atoms with Gasteiger partial charge in [-0.15, -0.1) is 10.2 Å². The summed E-state index contributed by atoms with van der Waals surface area (Å²) in [5, 5.41) is 11.0. The van der Waals surface area contributed by atoms with Crippen molar-refractivity contribution in [1.29, 1.82) is 0 Å². The van der Waals surface area contributed by atoms with Crippen LogP contribution in [0.2, 0.25) is 0 Å². The normalized spacial score (nSPS) is 25.8. The van der Waals surface area contributed by atoms with Gasteiger partial charge in [0.1, 0.15) is 5.51 Å². The Morgan fingerprint density at radius 3 is 3.00 bits per heavy atom. The molecule has 2 heterocycles. The maximum Gasteiger partial charge on any atom is 0.310 e. The Hall–Kier alpha value is -1.50. The minimum atomic E-state index is -1.02. The molecule has 6 nitrogen and oxygen atoms in total. The van der Waals surface area contributed by atoms with Crippen LogP contribution in [0.25, 0.3) is 0 Å². The molecule has 0 unspecified atom stereocenters. The van der Waals surface area contributed by atoms with E-state index in [0.717, 1.165) is 6.42 Å². The van der Waals surface area contributed by atoms with Gasteiger partial charge in [-0.25, -0.2) is 0 Å². The Balaban J connectivity index is 1.93. The molecule has 1 aliphatic heterocycles. The molecule has 1 N–H and O–H groups in total. The van der Waals surface area contributed by atoms with Crippen LogP contribution in [0.3, 0.4) is 0 Å². The van der Waals surface area contributed by atoms with Crippen molar-refractivity contribution in [2.24, 2.45) is 11.8 Å². The predicted molar refractivity (Wildman–Crippen MR) is 75.5 cm³/mol. The summed E-state index contributed by atoms with van der Waals surface area (Å²) >= 11 is 1.32. The molecule has 7 heteroatoms. The van der Waals surface area contributed by atoms with Gasteiger partial charge in [0.05, 0.1) is 12.5 Å². The summed E-state index contributed by atoms with van der Waals surface area (Å²) in [4.78, 5) is 24.1. The number of esters is 1. The summed E-state index contributed by atoms with van der Waals surface area (Å²) < 4.78 is 5.33. The van der Waals surface area contributed by atoms with Crippen LogP contribution in [-0.4, -0.2) is 34.1 Å². The van der Waals surface area contributed by atoms with Crippen molar-refractivity contribution in [3.63, 3.8) is 0 Å². The molecule has 0 amide bonds. The summed E-state index contributed by atoms with van der Waals surface area (Å²) in [6.45, 7) is 5.90. The van der Waals surface area contributed by atoms with Gasteiger partial charge < -0.3 is 10.1 Å². The molecule has 0 saturated carbocycles. The first kappa shape index (κ1) is 14.9. The Bertz CT molecular complexity index is 489. The van der Waals surface area contributed by atoms with E-state index in [-0.39, 0.29) is 24.2 Å². The van der Waals surface area contributed by atoms with Crippen LogP contribution in [0.4, 0.5) is 5.13 Å². The average molecular weight is 297 g/mol. The standard InChI is InChI=1S/C13H19N3O3S/c1-8(2)4-9-5-13(3,19-11(9)18)10(17)6-14-12-16-15-7-20-12/h7-9H,4-6H2,1-3H3,(H,14,16)/t9-,13+/m1/s1. The second-order valence-corrected chi connectivity index (χ2v) is 6.54. The number of ketones is 1. The summed E-state index contributed by atoms with van der Waals surface area (Å²) in [6, 6.07) is 0. The number of nitrogens with one attached hydrogen (secondary N) is 1. The zero-order valence-electron chi connectivity index (χ0n) is 11.9. The van der Waals surface area contributed by atoms with E-state index in [1.165, 1.54) is 11.3 Å². The number of anilines is 1. The lowest BCUT2D eigenvalue weighted by atomic mass is 9.87. The molecule has 1 saturated heterocycles. The van der Waals surface area contributed by atoms with Crippen LogP contribution in [0, 0.1) is 11.8 Å². The SMILES string of the molecule is CC(C)C[C@@H]1C[C@@](C)(C(=O)CNc2nncs2)OC1=O. The van der Waals surface area contributed by atoms with Crippen molar-refractivity contribution in [1.82, 2.24) is 10.2 Å². The molecule has 2 rings (SSSR count). The number of carbonyl (C=O) groups excluding carboxylic acids is 2. The molecule has 0 spiro atoms. The number of hydrogen-bond acceptors (Lipinski definition) is 7. The summed E-state index contributed by atoms with van der Waals surface area (Å²) in [5.41, 5.74) is 0.567. The lowest BCUT2D eigenvalue weighted by Crippen LogP contribution is -2.39. The summed E-state index contributed by atoms with van der Waals surface area (Å²) in [5.74, 6) is -0.159. The van der Waals surface area contributed by atoms with E-state index in [1.54, 1.807) is 12.4 Å². The summed E-state index contributed by atoms with van der Waals surface area (Å²) in [6.07, 6.45) is 1.21. The van der Waals surface area contributed by atoms with Gasteiger partial charge >= 0.3 is 5.97 Å². The molecule has 110 valence electrons. The van der Waals surface area contributed by atoms with Gasteiger partial charge in [-0.05, 0) is 19.3 Å². The quantitative estimate of drug-likeness (QED) is 0.808. The molecule has 1 fully saturated rings. The molecule has 1 aliphatic rings. The number of hydrogen-bond donors (Lipinski definition) is 1. The van der Waals surface area contributed by atoms with Gasteiger partial charge in [0, 0.05) is 6.42 Å². The Kier molecular flexibility index (Phi) is 4.37. The third-order valence-electron chi connectivity index (χ3n) is 3.40. The van der Waals surface area contributed by atoms with E-state index in [9.17, 15) is 9.59 Å². The van der Waals surface area contributed by atoms with E-state index >= 15 is 0 Å². The molecule has 1 aromatic heterocycles. The first-order chi connectivity index (χ1) is 9.40. The number of carbonyl (C=O) groups is 2. The van der Waals surface area contributed by atoms with Crippen molar-refractivity contribution >= 4 is 28.2 Å². The highest BCUT2D eigenvalue weighted by Gasteiger charge is 2.48. The average Bonchev–Trinajstić information content (AvgIpc) is 2.95. The van der Waals surface area contributed by atoms with Crippen molar-refractivity contribution < 1.29 is 14.3 Å². The molecule has 0 aromatic carbocycles. The van der Waals surface area contributed by atoms with Crippen LogP contribution >= 0.6 is 11.3 Å². The predicted octanol–water partition coefficient (Wildman–Crippen LogP) is 1.89. The first-order valence-electron chi connectivity index (χ1n) is 6.67. The van der Waals surface area contributed by atoms with E-state index in [2.05, 4.69) is 29.4 Å². The van der Waals surface area contributed by atoms with E-state index in [4.69, 9.17) is 4.74 Å². The van der Waals surface area contributed by atoms with Gasteiger partial charge in [-0.1, -0.05) is 25.2 Å². The topological polar surface area (TPSA) is 81.2 Å². The summed E-state index contributed by atoms with van der Waals surface area (Å²) in [7, 11) is 0. The third kappa shape index (κ3) is 3.33. The smallest absolute Gasteiger partial charge is 0.310 e. The molecular weight excluding hydrogens is 278 g/mol. The number of ether oxygens (including phenoxy) is 1. The van der Waals surface area contributed by atoms with Crippen LogP contribution in [0.5, 0.6) is 0 Å². The van der Waals surface area contributed by atoms with Crippen molar-refractivity contribution in [2.75, 3.05) is 11.9 Å². The second kappa shape index (κ2) is 5.87. The highest BCUT2D eigenvalue weighted by molar-refractivity contribution is 7.13. The lowest BCUT2D eigenvalue weighted by Gasteiger charge is -2.21. The molecule has 0 aliphatic carbocycles. The van der Waals surface area contributed by atoms with Gasteiger partial charge in [-0.3, -0.25) is 9.59 Å². The fraction of sp³-hybridized carbons (Fsp3) is 0.692. The number of cyclic esters (lactones) is 1. The largest absolute Gasteiger partial charge is 0.451 e. The number of Topliss-reactive ketones (excluding diaryl/α,β-unsaturated/α-hetero) is 1. The fourth-order valence-corrected chi connectivity index (χ4v) is 2.86. The number of nitrogens with zero attached hydrogens (tertiary/aromatic N) is 2. The highest BCUT2D eigenvalue weighted by atomic mass is 32.1. The van der Waals surface area contributed by atoms with Gasteiger partial charge in [-0.2, -0.15) is 0 Å². The Morgan fingerprint density at radius 1 is 1.65 bits per heavy atom. The van der Waals surface area contributed by atoms with Gasteiger partial charge in [0.25, 0.3) is 0 Å². The maximum absolute atomic E-state index is 12.3. The van der Waals surface area contributed by atoms with Crippen molar-refractivity contribution in [3.8, 4) is 0 Å². The number of rotatable bonds is 6. The Morgan fingerprint density at radius 2 is 2.40 bits per heavy atom. The van der Waals surface area contributed by atoms with Crippen LogP contribution in [0.1, 0.15) is 33.6 Å². The van der Waals surface area contributed by atoms with Gasteiger partial charge in [0.15, 0.2) is 11.4 Å². The zero-order chi connectivity index (χ0) is 14.8. The number of aromatic nitrogens is 2. The van der Waals surface area contributed by atoms with Crippen molar-refractivity contribution in [3.05, 3.63) is 5.51 Å². The minimum absolute atomic E-state index is 0.0906. The molecule has 20 heavy (non-hydrogen) atoms. The fourth-order valence-electron chi connectivity index (χ4n) is 2.41. The van der Waals surface area contributed by atoms with Crippen LogP contribution in [-0.2, 0) is 14.3 Å². The van der Waals surface area contributed by atoms with Gasteiger partial charge in [0.2, 0.25) is 5.13 Å². The zero-order valence-corrected chi connectivity index (χ0v) is 12.7. The van der Waals surface area contributed by atoms with E-state index in [0.29, 0.717) is 17.5 Å². The maximum atomic E-state index is 12.3. The second-order valence-electron chi connectivity index (χ2n) is 5.70. The molecule has 2 atom stereocenters. The first-order valence-corrected chi connectivity index (χ1v) is 7.55. The Labute approximate surface area is 121 Å². The lowest BCUT2D eigenvalue weighted by molar-refractivity contribution is -0.156. The molecular formula is C13H19N3O3S. The van der Waals surface area contributed by atoms with E-state index in [1.807, 2.05) is 0 Å². The molecule has 1 aromatic rings. The molecule has 0 bridgehead atoms. The van der Waals surface area contributed by atoms with Crippen LogP contribution in [0.15, 0.2) is 5.51 Å².